The third kappa shape index (κ3) is 2.42. The molecule has 0 N–H and O–H groups in total. The molecule has 1 saturated carbocycles. The molecule has 2 heterocycles. The monoisotopic (exact) mass is 335 g/mol. The minimum Gasteiger partial charge on any atom is -0.459 e. The molecule has 2 atom stereocenters. The normalized spacial score (nSPS) is 22.1. The van der Waals surface area contributed by atoms with Crippen LogP contribution >= 0.6 is 0 Å². The minimum atomic E-state index is -0.734. The molecule has 5 nitrogen and oxygen atoms in total. The zero-order valence-corrected chi connectivity index (χ0v) is 14.7. The van der Waals surface area contributed by atoms with Gasteiger partial charge >= 0.3 is 5.97 Å². The van der Waals surface area contributed by atoms with Gasteiger partial charge in [0.1, 0.15) is 6.61 Å². The molecule has 1 aliphatic rings. The van der Waals surface area contributed by atoms with Crippen molar-refractivity contribution in [1.29, 1.82) is 0 Å². The summed E-state index contributed by atoms with van der Waals surface area (Å²) in [6.45, 7) is 6.34. The van der Waals surface area contributed by atoms with E-state index in [2.05, 4.69) is 17.0 Å². The maximum atomic E-state index is 12.9. The number of aromatic nitrogens is 3. The van der Waals surface area contributed by atoms with Crippen molar-refractivity contribution in [2.45, 2.75) is 39.3 Å². The Balaban J connectivity index is 1.68. The van der Waals surface area contributed by atoms with E-state index in [0.717, 1.165) is 34.3 Å². The molecule has 1 fully saturated rings. The van der Waals surface area contributed by atoms with E-state index >= 15 is 0 Å². The summed E-state index contributed by atoms with van der Waals surface area (Å²) in [6, 6.07) is 11.7. The lowest BCUT2D eigenvalue weighted by Crippen LogP contribution is -2.33. The van der Waals surface area contributed by atoms with Gasteiger partial charge in [0, 0.05) is 11.6 Å². The first-order chi connectivity index (χ1) is 12.0. The van der Waals surface area contributed by atoms with E-state index in [0.29, 0.717) is 0 Å². The van der Waals surface area contributed by atoms with Gasteiger partial charge in [-0.3, -0.25) is 0 Å². The maximum Gasteiger partial charge on any atom is 0.334 e. The summed E-state index contributed by atoms with van der Waals surface area (Å²) in [5, 5.41) is 5.69. The first kappa shape index (κ1) is 15.8. The van der Waals surface area contributed by atoms with E-state index < -0.39 is 5.54 Å². The second-order valence-electron chi connectivity index (χ2n) is 6.91. The molecule has 25 heavy (non-hydrogen) atoms. The summed E-state index contributed by atoms with van der Waals surface area (Å²) >= 11 is 0. The van der Waals surface area contributed by atoms with E-state index in [9.17, 15) is 4.79 Å². The second kappa shape index (κ2) is 5.69. The van der Waals surface area contributed by atoms with Gasteiger partial charge in [-0.25, -0.2) is 14.5 Å². The van der Waals surface area contributed by atoms with Gasteiger partial charge in [-0.05, 0) is 43.4 Å². The van der Waals surface area contributed by atoms with Crippen LogP contribution in [0.5, 0.6) is 0 Å². The Labute approximate surface area is 146 Å². The Bertz CT molecular complexity index is 948. The van der Waals surface area contributed by atoms with Crippen molar-refractivity contribution in [3.8, 4) is 0 Å². The number of pyridine rings is 1. The zero-order chi connectivity index (χ0) is 17.6. The minimum absolute atomic E-state index is 0.181. The van der Waals surface area contributed by atoms with Crippen LogP contribution in [0.15, 0.2) is 42.6 Å². The number of hydrogen-bond acceptors (Lipinski definition) is 4. The average Bonchev–Trinajstić information content (AvgIpc) is 3.17. The molecule has 1 aliphatic carbocycles. The van der Waals surface area contributed by atoms with Gasteiger partial charge in [-0.15, -0.1) is 0 Å². The Morgan fingerprint density at radius 3 is 2.68 bits per heavy atom. The van der Waals surface area contributed by atoms with Gasteiger partial charge < -0.3 is 4.74 Å². The van der Waals surface area contributed by atoms with Crippen LogP contribution in [0.25, 0.3) is 11.0 Å². The van der Waals surface area contributed by atoms with Crippen LogP contribution in [-0.2, 0) is 21.7 Å². The largest absolute Gasteiger partial charge is 0.459 e. The van der Waals surface area contributed by atoms with Crippen molar-refractivity contribution in [2.24, 2.45) is 5.92 Å². The van der Waals surface area contributed by atoms with Crippen molar-refractivity contribution in [3.63, 3.8) is 0 Å². The molecule has 4 rings (SSSR count). The van der Waals surface area contributed by atoms with Crippen LogP contribution in [0, 0.1) is 19.8 Å². The molecular weight excluding hydrogens is 314 g/mol. The lowest BCUT2D eigenvalue weighted by molar-refractivity contribution is -0.151. The summed E-state index contributed by atoms with van der Waals surface area (Å²) in [6.07, 6.45) is 2.50. The molecule has 128 valence electrons. The number of fused-ring (bicyclic) bond motifs is 1. The highest BCUT2D eigenvalue weighted by Crippen LogP contribution is 2.52. The number of nitrogens with zero attached hydrogens (tertiary/aromatic N) is 3. The van der Waals surface area contributed by atoms with Crippen LogP contribution in [0.4, 0.5) is 0 Å². The van der Waals surface area contributed by atoms with Crippen molar-refractivity contribution in [2.75, 3.05) is 0 Å². The highest BCUT2D eigenvalue weighted by molar-refractivity contribution is 5.88. The third-order valence-corrected chi connectivity index (χ3v) is 5.17. The van der Waals surface area contributed by atoms with E-state index in [1.807, 2.05) is 50.2 Å². The second-order valence-corrected chi connectivity index (χ2v) is 6.91. The Hall–Kier alpha value is -2.69. The fourth-order valence-corrected chi connectivity index (χ4v) is 3.60. The van der Waals surface area contributed by atoms with Crippen molar-refractivity contribution in [3.05, 3.63) is 59.4 Å². The molecule has 0 radical (unpaired) electrons. The van der Waals surface area contributed by atoms with Crippen molar-refractivity contribution in [1.82, 2.24) is 14.8 Å². The maximum absolute atomic E-state index is 12.9. The predicted molar refractivity (Wildman–Crippen MR) is 95.0 cm³/mol. The number of hydrogen-bond donors (Lipinski definition) is 0. The highest BCUT2D eigenvalue weighted by atomic mass is 16.5. The quantitative estimate of drug-likeness (QED) is 0.685. The van der Waals surface area contributed by atoms with Crippen LogP contribution < -0.4 is 0 Å². The lowest BCUT2D eigenvalue weighted by atomic mass is 10.1. The molecule has 2 aromatic heterocycles. The number of carbonyl (C=O) groups excluding carboxylic acids is 1. The molecule has 5 heteroatoms. The molecule has 1 aromatic carbocycles. The fourth-order valence-electron chi connectivity index (χ4n) is 3.60. The van der Waals surface area contributed by atoms with Crippen molar-refractivity contribution < 1.29 is 9.53 Å². The van der Waals surface area contributed by atoms with Crippen LogP contribution in [-0.4, -0.2) is 20.7 Å². The third-order valence-electron chi connectivity index (χ3n) is 5.17. The number of aryl methyl sites for hydroxylation is 2. The number of ether oxygens (including phenoxy) is 1. The predicted octanol–water partition coefficient (Wildman–Crippen LogP) is 3.53. The first-order valence-corrected chi connectivity index (χ1v) is 8.56. The molecule has 0 spiro atoms. The Morgan fingerprint density at radius 2 is 2.00 bits per heavy atom. The molecule has 0 aliphatic heterocycles. The molecular formula is C20H21N3O2. The smallest absolute Gasteiger partial charge is 0.334 e. The van der Waals surface area contributed by atoms with Gasteiger partial charge in [0.05, 0.1) is 5.69 Å². The van der Waals surface area contributed by atoms with Gasteiger partial charge in [0.25, 0.3) is 0 Å². The molecule has 0 bridgehead atoms. The Morgan fingerprint density at radius 1 is 1.28 bits per heavy atom. The number of benzene rings is 1. The van der Waals surface area contributed by atoms with Gasteiger partial charge in [-0.2, -0.15) is 5.10 Å². The standard InChI is InChI=1S/C20H21N3O2/c1-13-9-10-21-18-17(13)15(3)22-23(18)20(11-14(20)2)19(24)25-12-16-7-5-4-6-8-16/h4-10,14H,11-12H2,1-3H3/t14-,20-/m0/s1. The Kier molecular flexibility index (Phi) is 3.60. The fraction of sp³-hybridized carbons (Fsp3) is 0.350. The molecule has 3 aromatic rings. The van der Waals surface area contributed by atoms with Gasteiger partial charge in [-0.1, -0.05) is 37.3 Å². The van der Waals surface area contributed by atoms with Gasteiger partial charge in [0.2, 0.25) is 0 Å². The van der Waals surface area contributed by atoms with E-state index in [1.54, 1.807) is 10.9 Å². The van der Waals surface area contributed by atoms with Crippen LogP contribution in [0.3, 0.4) is 0 Å². The van der Waals surface area contributed by atoms with Crippen molar-refractivity contribution >= 4 is 17.0 Å². The molecule has 0 unspecified atom stereocenters. The number of esters is 1. The summed E-state index contributed by atoms with van der Waals surface area (Å²) < 4.78 is 7.44. The van der Waals surface area contributed by atoms with E-state index in [1.165, 1.54) is 0 Å². The van der Waals surface area contributed by atoms with E-state index in [4.69, 9.17) is 4.74 Å². The first-order valence-electron chi connectivity index (χ1n) is 8.56. The lowest BCUT2D eigenvalue weighted by Gasteiger charge is -2.17. The van der Waals surface area contributed by atoms with E-state index in [-0.39, 0.29) is 18.5 Å². The van der Waals surface area contributed by atoms with Crippen LogP contribution in [0.2, 0.25) is 0 Å². The average molecular weight is 335 g/mol. The highest BCUT2D eigenvalue weighted by Gasteiger charge is 2.62. The topological polar surface area (TPSA) is 57.0 Å². The van der Waals surface area contributed by atoms with Gasteiger partial charge in [0.15, 0.2) is 11.2 Å². The molecule has 0 amide bonds. The SMILES string of the molecule is Cc1ccnc2c1c(C)nn2[C@@]1(C(=O)OCc2ccccc2)C[C@@H]1C. The number of carbonyl (C=O) groups is 1. The molecule has 0 saturated heterocycles. The summed E-state index contributed by atoms with van der Waals surface area (Å²) in [5.74, 6) is -0.0443. The van der Waals surface area contributed by atoms with Crippen LogP contribution in [0.1, 0.15) is 30.2 Å². The summed E-state index contributed by atoms with van der Waals surface area (Å²) in [7, 11) is 0. The number of rotatable bonds is 4. The zero-order valence-electron chi connectivity index (χ0n) is 14.7. The summed E-state index contributed by atoms with van der Waals surface area (Å²) in [5.41, 5.74) is 3.03. The summed E-state index contributed by atoms with van der Waals surface area (Å²) in [4.78, 5) is 17.4.